The molecular formula is C16H20Cl2FN3OS. The average Bonchev–Trinajstić information content (AvgIpc) is 3.15. The molecule has 0 radical (unpaired) electrons. The number of aromatic nitrogens is 1. The van der Waals surface area contributed by atoms with Gasteiger partial charge in [-0.15, -0.1) is 36.2 Å². The molecule has 1 aliphatic rings. The number of likely N-dealkylation sites (tertiary alicyclic amines) is 1. The van der Waals surface area contributed by atoms with Crippen molar-refractivity contribution in [2.45, 2.75) is 25.3 Å². The lowest BCUT2D eigenvalue weighted by atomic mass is 10.2. The average molecular weight is 392 g/mol. The lowest BCUT2D eigenvalue weighted by molar-refractivity contribution is -0.131. The van der Waals surface area contributed by atoms with Crippen LogP contribution in [-0.2, 0) is 11.2 Å². The lowest BCUT2D eigenvalue weighted by Crippen LogP contribution is -2.40. The maximum Gasteiger partial charge on any atom is 0.228 e. The van der Waals surface area contributed by atoms with Crippen molar-refractivity contribution in [2.75, 3.05) is 13.1 Å². The number of thiazole rings is 1. The van der Waals surface area contributed by atoms with E-state index in [1.165, 1.54) is 23.5 Å². The lowest BCUT2D eigenvalue weighted by Gasteiger charge is -2.23. The van der Waals surface area contributed by atoms with Gasteiger partial charge in [-0.05, 0) is 25.0 Å². The molecule has 1 fully saturated rings. The summed E-state index contributed by atoms with van der Waals surface area (Å²) in [7, 11) is 0. The molecule has 1 saturated heterocycles. The van der Waals surface area contributed by atoms with E-state index in [0.717, 1.165) is 35.7 Å². The van der Waals surface area contributed by atoms with Gasteiger partial charge in [0.15, 0.2) is 0 Å². The molecule has 1 aliphatic heterocycles. The third kappa shape index (κ3) is 4.66. The molecule has 1 amide bonds. The zero-order chi connectivity index (χ0) is 15.5. The van der Waals surface area contributed by atoms with Crippen molar-refractivity contribution in [3.05, 3.63) is 41.2 Å². The molecule has 0 spiro atoms. The predicted octanol–water partition coefficient (Wildman–Crippen LogP) is 3.29. The molecule has 0 aliphatic carbocycles. The van der Waals surface area contributed by atoms with Crippen molar-refractivity contribution in [1.82, 2.24) is 9.88 Å². The Hall–Kier alpha value is -1.21. The molecule has 3 rings (SSSR count). The first-order valence-corrected chi connectivity index (χ1v) is 8.25. The van der Waals surface area contributed by atoms with E-state index < -0.39 is 0 Å². The number of nitrogens with two attached hydrogens (primary N) is 1. The smallest absolute Gasteiger partial charge is 0.228 e. The summed E-state index contributed by atoms with van der Waals surface area (Å²) in [6.45, 7) is 1.29. The minimum atomic E-state index is -0.284. The second-order valence-electron chi connectivity index (χ2n) is 5.45. The summed E-state index contributed by atoms with van der Waals surface area (Å²) in [5.74, 6) is -0.211. The summed E-state index contributed by atoms with van der Waals surface area (Å²) < 4.78 is 13.3. The first-order valence-electron chi connectivity index (χ1n) is 7.37. The van der Waals surface area contributed by atoms with Gasteiger partial charge in [0.2, 0.25) is 5.91 Å². The second-order valence-corrected chi connectivity index (χ2v) is 6.31. The van der Waals surface area contributed by atoms with Crippen molar-refractivity contribution in [1.29, 1.82) is 0 Å². The van der Waals surface area contributed by atoms with Crippen LogP contribution in [0.1, 0.15) is 18.5 Å². The Morgan fingerprint density at radius 3 is 2.92 bits per heavy atom. The number of benzene rings is 1. The number of halogens is 3. The normalized spacial score (nSPS) is 16.4. The summed E-state index contributed by atoms with van der Waals surface area (Å²) in [5, 5.41) is 2.60. The van der Waals surface area contributed by atoms with Gasteiger partial charge in [-0.25, -0.2) is 9.37 Å². The highest BCUT2D eigenvalue weighted by Crippen LogP contribution is 2.25. The topological polar surface area (TPSA) is 59.2 Å². The minimum absolute atomic E-state index is 0. The van der Waals surface area contributed by atoms with E-state index in [9.17, 15) is 9.18 Å². The van der Waals surface area contributed by atoms with Crippen LogP contribution in [0.2, 0.25) is 0 Å². The van der Waals surface area contributed by atoms with Crippen LogP contribution in [0.4, 0.5) is 4.39 Å². The van der Waals surface area contributed by atoms with Crippen LogP contribution in [0.5, 0.6) is 0 Å². The van der Waals surface area contributed by atoms with Gasteiger partial charge in [0.05, 0.1) is 12.1 Å². The second kappa shape index (κ2) is 9.32. The molecule has 1 unspecified atom stereocenters. The van der Waals surface area contributed by atoms with Gasteiger partial charge >= 0.3 is 0 Å². The number of hydrogen-bond donors (Lipinski definition) is 1. The number of nitrogens with zero attached hydrogens (tertiary/aromatic N) is 2. The van der Waals surface area contributed by atoms with Crippen LogP contribution in [0.3, 0.4) is 0 Å². The molecule has 0 saturated carbocycles. The van der Waals surface area contributed by atoms with E-state index in [1.54, 1.807) is 6.07 Å². The first kappa shape index (κ1) is 20.8. The fraction of sp³-hybridized carbons (Fsp3) is 0.375. The maximum atomic E-state index is 13.3. The van der Waals surface area contributed by atoms with Crippen molar-refractivity contribution >= 4 is 42.1 Å². The van der Waals surface area contributed by atoms with Crippen LogP contribution in [-0.4, -0.2) is 34.9 Å². The van der Waals surface area contributed by atoms with Crippen LogP contribution in [0, 0.1) is 5.82 Å². The van der Waals surface area contributed by atoms with Gasteiger partial charge in [0.1, 0.15) is 10.8 Å². The molecule has 1 aromatic heterocycles. The third-order valence-corrected chi connectivity index (χ3v) is 4.87. The highest BCUT2D eigenvalue weighted by Gasteiger charge is 2.27. The summed E-state index contributed by atoms with van der Waals surface area (Å²) in [6.07, 6.45) is 2.27. The number of hydrogen-bond acceptors (Lipinski definition) is 4. The van der Waals surface area contributed by atoms with Crippen molar-refractivity contribution < 1.29 is 9.18 Å². The summed E-state index contributed by atoms with van der Waals surface area (Å²) >= 11 is 1.43. The van der Waals surface area contributed by atoms with Gasteiger partial charge in [-0.1, -0.05) is 12.1 Å². The van der Waals surface area contributed by atoms with Gasteiger partial charge in [0.25, 0.3) is 0 Å². The number of carbonyl (C=O) groups is 1. The van der Waals surface area contributed by atoms with Gasteiger partial charge in [-0.3, -0.25) is 4.79 Å². The third-order valence-electron chi connectivity index (χ3n) is 3.93. The van der Waals surface area contributed by atoms with Crippen molar-refractivity contribution in [2.24, 2.45) is 5.73 Å². The Bertz CT molecular complexity index is 683. The Morgan fingerprint density at radius 2 is 2.21 bits per heavy atom. The molecule has 24 heavy (non-hydrogen) atoms. The van der Waals surface area contributed by atoms with Crippen LogP contribution >= 0.6 is 36.2 Å². The Morgan fingerprint density at radius 1 is 1.42 bits per heavy atom. The molecule has 1 atom stereocenters. The standard InChI is InChI=1S/C16H18FN3OS.2ClH/c17-12-4-1-3-11(7-12)16-19-13(10-22-16)8-15(21)20-6-2-5-14(20)9-18;;/h1,3-4,7,10,14H,2,5-6,8-9,18H2;2*1H. The van der Waals surface area contributed by atoms with Crippen molar-refractivity contribution in [3.63, 3.8) is 0 Å². The van der Waals surface area contributed by atoms with Gasteiger partial charge in [-0.2, -0.15) is 0 Å². The molecule has 2 heterocycles. The van der Waals surface area contributed by atoms with E-state index in [-0.39, 0.29) is 49.0 Å². The Kier molecular flexibility index (Phi) is 8.09. The molecule has 8 heteroatoms. The molecule has 4 nitrogen and oxygen atoms in total. The van der Waals surface area contributed by atoms with Gasteiger partial charge < -0.3 is 10.6 Å². The Balaban J connectivity index is 0.00000144. The Labute approximate surface area is 157 Å². The molecule has 0 bridgehead atoms. The fourth-order valence-electron chi connectivity index (χ4n) is 2.81. The highest BCUT2D eigenvalue weighted by molar-refractivity contribution is 7.13. The predicted molar refractivity (Wildman–Crippen MR) is 99.5 cm³/mol. The summed E-state index contributed by atoms with van der Waals surface area (Å²) in [6, 6.07) is 6.50. The quantitative estimate of drug-likeness (QED) is 0.869. The molecular weight excluding hydrogens is 372 g/mol. The molecule has 1 aromatic carbocycles. The molecule has 2 N–H and O–H groups in total. The minimum Gasteiger partial charge on any atom is -0.338 e. The summed E-state index contributed by atoms with van der Waals surface area (Å²) in [4.78, 5) is 18.7. The van der Waals surface area contributed by atoms with Crippen LogP contribution < -0.4 is 5.73 Å². The number of carbonyl (C=O) groups excluding carboxylic acids is 1. The molecule has 132 valence electrons. The van der Waals surface area contributed by atoms with Crippen molar-refractivity contribution in [3.8, 4) is 10.6 Å². The maximum absolute atomic E-state index is 13.3. The summed E-state index contributed by atoms with van der Waals surface area (Å²) in [5.41, 5.74) is 7.18. The fourth-order valence-corrected chi connectivity index (χ4v) is 3.62. The zero-order valence-electron chi connectivity index (χ0n) is 13.0. The van der Waals surface area contributed by atoms with Crippen LogP contribution in [0.25, 0.3) is 10.6 Å². The van der Waals surface area contributed by atoms with E-state index in [2.05, 4.69) is 4.98 Å². The monoisotopic (exact) mass is 391 g/mol. The van der Waals surface area contributed by atoms with Crippen LogP contribution in [0.15, 0.2) is 29.6 Å². The largest absolute Gasteiger partial charge is 0.338 e. The number of amides is 1. The van der Waals surface area contributed by atoms with Gasteiger partial charge in [0, 0.05) is 30.1 Å². The molecule has 2 aromatic rings. The SMILES string of the molecule is Cl.Cl.NCC1CCCN1C(=O)Cc1csc(-c2cccc(F)c2)n1. The highest BCUT2D eigenvalue weighted by atomic mass is 35.5. The van der Waals surface area contributed by atoms with E-state index >= 15 is 0 Å². The number of rotatable bonds is 4. The van der Waals surface area contributed by atoms with E-state index in [1.807, 2.05) is 16.3 Å². The van der Waals surface area contributed by atoms with E-state index in [0.29, 0.717) is 6.54 Å². The first-order chi connectivity index (χ1) is 10.7. The zero-order valence-corrected chi connectivity index (χ0v) is 15.4. The van der Waals surface area contributed by atoms with E-state index in [4.69, 9.17) is 5.73 Å².